The molecule has 2 aromatic heterocycles. The fraction of sp³-hybridized carbons (Fsp3) is 0.158. The van der Waals surface area contributed by atoms with Crippen molar-refractivity contribution in [3.63, 3.8) is 0 Å². The van der Waals surface area contributed by atoms with Gasteiger partial charge in [-0.2, -0.15) is 0 Å². The number of imidazole rings is 1. The number of halogens is 1. The maximum Gasteiger partial charge on any atom is 0.295 e. The molecule has 0 aliphatic carbocycles. The summed E-state index contributed by atoms with van der Waals surface area (Å²) in [5, 5.41) is 14.7. The van der Waals surface area contributed by atoms with Crippen LogP contribution in [0.4, 0.5) is 17.2 Å². The molecule has 0 saturated carbocycles. The maximum atomic E-state index is 11.4. The molecule has 1 N–H and O–H groups in total. The van der Waals surface area contributed by atoms with Crippen LogP contribution >= 0.6 is 15.9 Å². The number of nitrogens with one attached hydrogen (secondary N) is 1. The van der Waals surface area contributed by atoms with Gasteiger partial charge in [0.05, 0.1) is 22.3 Å². The van der Waals surface area contributed by atoms with Crippen molar-refractivity contribution in [3.8, 4) is 0 Å². The number of rotatable bonds is 4. The Morgan fingerprint density at radius 2 is 2.07 bits per heavy atom. The van der Waals surface area contributed by atoms with Crippen LogP contribution in [0.1, 0.15) is 25.3 Å². The van der Waals surface area contributed by atoms with Gasteiger partial charge < -0.3 is 5.32 Å². The number of fused-ring (bicyclic) bond motifs is 3. The number of aromatic nitrogens is 3. The number of anilines is 2. The van der Waals surface area contributed by atoms with Crippen LogP contribution in [-0.4, -0.2) is 19.3 Å². The van der Waals surface area contributed by atoms with E-state index in [-0.39, 0.29) is 5.69 Å². The fourth-order valence-corrected chi connectivity index (χ4v) is 3.54. The Morgan fingerprint density at radius 3 is 2.78 bits per heavy atom. The summed E-state index contributed by atoms with van der Waals surface area (Å²) >= 11 is 3.61. The molecular formula is C19H16BrN5O2. The van der Waals surface area contributed by atoms with Gasteiger partial charge in [-0.3, -0.25) is 14.5 Å². The molecule has 0 unspecified atom stereocenters. The first-order chi connectivity index (χ1) is 13.0. The fourth-order valence-electron chi connectivity index (χ4n) is 3.04. The zero-order valence-electron chi connectivity index (χ0n) is 14.7. The normalized spacial score (nSPS) is 11.4. The highest BCUT2D eigenvalue weighted by atomic mass is 79.9. The first kappa shape index (κ1) is 17.4. The van der Waals surface area contributed by atoms with E-state index in [1.165, 1.54) is 11.6 Å². The predicted octanol–water partition coefficient (Wildman–Crippen LogP) is 5.42. The van der Waals surface area contributed by atoms with Crippen molar-refractivity contribution >= 4 is 49.7 Å². The summed E-state index contributed by atoms with van der Waals surface area (Å²) in [5.41, 5.74) is 3.69. The molecule has 27 heavy (non-hydrogen) atoms. The third-order valence-electron chi connectivity index (χ3n) is 4.46. The van der Waals surface area contributed by atoms with E-state index in [0.29, 0.717) is 28.3 Å². The van der Waals surface area contributed by atoms with Gasteiger partial charge in [-0.25, -0.2) is 9.97 Å². The van der Waals surface area contributed by atoms with Crippen molar-refractivity contribution in [2.24, 2.45) is 0 Å². The molecule has 2 aromatic carbocycles. The van der Waals surface area contributed by atoms with Gasteiger partial charge in [-0.05, 0) is 45.6 Å². The SMILES string of the molecule is CC(C)c1ccc(Nc2nc3cccc([N+](=O)[O-])c3n3cncc23)c(Br)c1. The Morgan fingerprint density at radius 1 is 1.26 bits per heavy atom. The van der Waals surface area contributed by atoms with Crippen molar-refractivity contribution in [3.05, 3.63) is 69.1 Å². The lowest BCUT2D eigenvalue weighted by atomic mass is 10.0. The van der Waals surface area contributed by atoms with Gasteiger partial charge in [0.15, 0.2) is 11.3 Å². The summed E-state index contributed by atoms with van der Waals surface area (Å²) in [7, 11) is 0. The monoisotopic (exact) mass is 425 g/mol. The van der Waals surface area contributed by atoms with Crippen LogP contribution in [0.3, 0.4) is 0 Å². The summed E-state index contributed by atoms with van der Waals surface area (Å²) in [6.07, 6.45) is 3.20. The number of non-ortho nitro benzene ring substituents is 1. The third-order valence-corrected chi connectivity index (χ3v) is 5.11. The van der Waals surface area contributed by atoms with E-state index in [9.17, 15) is 10.1 Å². The lowest BCUT2D eigenvalue weighted by Crippen LogP contribution is -2.02. The minimum absolute atomic E-state index is 0.00276. The number of nitro groups is 1. The zero-order valence-corrected chi connectivity index (χ0v) is 16.3. The molecule has 0 aliphatic heterocycles. The summed E-state index contributed by atoms with van der Waals surface area (Å²) in [6, 6.07) is 11.0. The minimum atomic E-state index is -0.405. The molecule has 0 fully saturated rings. The highest BCUT2D eigenvalue weighted by Crippen LogP contribution is 2.33. The Hall–Kier alpha value is -3.00. The molecule has 7 nitrogen and oxygen atoms in total. The Balaban J connectivity index is 1.88. The van der Waals surface area contributed by atoms with Crippen molar-refractivity contribution in [1.29, 1.82) is 0 Å². The second-order valence-corrected chi connectivity index (χ2v) is 7.38. The standard InChI is InChI=1S/C19H16BrN5O2/c1-11(2)12-6-7-14(13(20)8-12)22-19-17-9-21-10-24(17)18-15(23-19)4-3-5-16(18)25(26)27/h3-11H,1-2H3,(H,22,23). The van der Waals surface area contributed by atoms with Gasteiger partial charge in [0.1, 0.15) is 11.8 Å². The van der Waals surface area contributed by atoms with Gasteiger partial charge >= 0.3 is 0 Å². The quantitative estimate of drug-likeness (QED) is 0.348. The van der Waals surface area contributed by atoms with Gasteiger partial charge in [0.2, 0.25) is 0 Å². The van der Waals surface area contributed by atoms with Crippen LogP contribution in [0.2, 0.25) is 0 Å². The van der Waals surface area contributed by atoms with Crippen LogP contribution in [0, 0.1) is 10.1 Å². The topological polar surface area (TPSA) is 85.4 Å². The first-order valence-electron chi connectivity index (χ1n) is 8.41. The van der Waals surface area contributed by atoms with E-state index < -0.39 is 4.92 Å². The van der Waals surface area contributed by atoms with Crippen molar-refractivity contribution in [1.82, 2.24) is 14.4 Å². The molecule has 8 heteroatoms. The van der Waals surface area contributed by atoms with E-state index in [1.54, 1.807) is 29.1 Å². The second-order valence-electron chi connectivity index (χ2n) is 6.53. The Kier molecular flexibility index (Phi) is 4.27. The molecule has 0 spiro atoms. The number of para-hydroxylation sites is 1. The van der Waals surface area contributed by atoms with Crippen LogP contribution < -0.4 is 5.32 Å². The van der Waals surface area contributed by atoms with E-state index in [0.717, 1.165) is 10.2 Å². The van der Waals surface area contributed by atoms with Crippen LogP contribution in [0.25, 0.3) is 16.6 Å². The van der Waals surface area contributed by atoms with Crippen molar-refractivity contribution in [2.75, 3.05) is 5.32 Å². The van der Waals surface area contributed by atoms with Gasteiger partial charge in [0, 0.05) is 10.5 Å². The Bertz CT molecular complexity index is 1190. The molecule has 0 saturated heterocycles. The van der Waals surface area contributed by atoms with E-state index >= 15 is 0 Å². The molecule has 0 radical (unpaired) electrons. The maximum absolute atomic E-state index is 11.4. The largest absolute Gasteiger partial charge is 0.337 e. The third kappa shape index (κ3) is 3.02. The number of nitro benzene ring substituents is 1. The summed E-state index contributed by atoms with van der Waals surface area (Å²) in [5.74, 6) is 1.01. The van der Waals surface area contributed by atoms with Gasteiger partial charge in [-0.15, -0.1) is 0 Å². The van der Waals surface area contributed by atoms with Crippen molar-refractivity contribution in [2.45, 2.75) is 19.8 Å². The highest BCUT2D eigenvalue weighted by molar-refractivity contribution is 9.10. The molecular weight excluding hydrogens is 410 g/mol. The molecule has 0 bridgehead atoms. The highest BCUT2D eigenvalue weighted by Gasteiger charge is 2.18. The lowest BCUT2D eigenvalue weighted by Gasteiger charge is -2.13. The van der Waals surface area contributed by atoms with E-state index in [1.807, 2.05) is 6.07 Å². The molecule has 4 rings (SSSR count). The Labute approximate surface area is 163 Å². The molecule has 0 atom stereocenters. The van der Waals surface area contributed by atoms with Crippen LogP contribution in [0.15, 0.2) is 53.4 Å². The van der Waals surface area contributed by atoms with E-state index in [4.69, 9.17) is 0 Å². The minimum Gasteiger partial charge on any atom is -0.337 e. The number of hydrogen-bond acceptors (Lipinski definition) is 5. The van der Waals surface area contributed by atoms with Gasteiger partial charge in [-0.1, -0.05) is 26.0 Å². The summed E-state index contributed by atoms with van der Waals surface area (Å²) < 4.78 is 2.62. The van der Waals surface area contributed by atoms with E-state index in [2.05, 4.69) is 57.2 Å². The molecule has 4 aromatic rings. The number of hydrogen-bond donors (Lipinski definition) is 1. The number of benzene rings is 2. The van der Waals surface area contributed by atoms with Crippen molar-refractivity contribution < 1.29 is 4.92 Å². The predicted molar refractivity (Wildman–Crippen MR) is 109 cm³/mol. The van der Waals surface area contributed by atoms with Gasteiger partial charge in [0.25, 0.3) is 5.69 Å². The van der Waals surface area contributed by atoms with Crippen LogP contribution in [0.5, 0.6) is 0 Å². The van der Waals surface area contributed by atoms with Crippen LogP contribution in [-0.2, 0) is 0 Å². The lowest BCUT2D eigenvalue weighted by molar-refractivity contribution is -0.383. The first-order valence-corrected chi connectivity index (χ1v) is 9.20. The second kappa shape index (κ2) is 6.62. The zero-order chi connectivity index (χ0) is 19.1. The average Bonchev–Trinajstić information content (AvgIpc) is 3.12. The number of nitrogens with zero attached hydrogens (tertiary/aromatic N) is 4. The molecule has 0 aliphatic rings. The smallest absolute Gasteiger partial charge is 0.295 e. The average molecular weight is 426 g/mol. The summed E-state index contributed by atoms with van der Waals surface area (Å²) in [6.45, 7) is 4.28. The molecule has 2 heterocycles. The summed E-state index contributed by atoms with van der Waals surface area (Å²) in [4.78, 5) is 19.8. The molecule has 0 amide bonds. The molecule has 136 valence electrons.